The van der Waals surface area contributed by atoms with Crippen molar-refractivity contribution >= 4 is 39.9 Å². The summed E-state index contributed by atoms with van der Waals surface area (Å²) in [6, 6.07) is 19.3. The summed E-state index contributed by atoms with van der Waals surface area (Å²) >= 11 is 5.94. The molecular weight excluding hydrogens is 426 g/mol. The van der Waals surface area contributed by atoms with Gasteiger partial charge in [0.1, 0.15) is 11.3 Å². The van der Waals surface area contributed by atoms with E-state index in [1.807, 2.05) is 38.1 Å². The molecule has 0 aliphatic carbocycles. The van der Waals surface area contributed by atoms with Gasteiger partial charge in [-0.25, -0.2) is 0 Å². The lowest BCUT2D eigenvalue weighted by Gasteiger charge is -2.15. The van der Waals surface area contributed by atoms with E-state index < -0.39 is 6.10 Å². The Hall–Kier alpha value is -3.57. The number of hydrogen-bond acceptors (Lipinski definition) is 4. The van der Waals surface area contributed by atoms with Gasteiger partial charge in [-0.05, 0) is 80.4 Å². The highest BCUT2D eigenvalue weighted by Crippen LogP contribution is 2.33. The number of rotatable bonds is 6. The van der Waals surface area contributed by atoms with E-state index in [4.69, 9.17) is 20.8 Å². The number of aryl methyl sites for hydroxylation is 2. The Morgan fingerprint density at radius 3 is 2.41 bits per heavy atom. The lowest BCUT2D eigenvalue weighted by molar-refractivity contribution is -0.122. The quantitative estimate of drug-likeness (QED) is 0.350. The van der Waals surface area contributed by atoms with Crippen molar-refractivity contribution in [2.75, 3.05) is 5.32 Å². The first-order chi connectivity index (χ1) is 15.3. The predicted octanol–water partition coefficient (Wildman–Crippen LogP) is 6.34. The lowest BCUT2D eigenvalue weighted by Crippen LogP contribution is -2.30. The average Bonchev–Trinajstić information content (AvgIpc) is 3.14. The minimum absolute atomic E-state index is 0.0558. The zero-order valence-electron chi connectivity index (χ0n) is 17.9. The molecule has 1 aromatic heterocycles. The van der Waals surface area contributed by atoms with Crippen LogP contribution in [-0.4, -0.2) is 17.8 Å². The van der Waals surface area contributed by atoms with Crippen molar-refractivity contribution in [3.05, 3.63) is 94.2 Å². The van der Waals surface area contributed by atoms with Crippen molar-refractivity contribution in [2.24, 2.45) is 0 Å². The van der Waals surface area contributed by atoms with Crippen LogP contribution in [0.5, 0.6) is 5.75 Å². The normalized spacial score (nSPS) is 11.9. The van der Waals surface area contributed by atoms with Gasteiger partial charge in [-0.3, -0.25) is 9.59 Å². The highest BCUT2D eigenvalue weighted by Gasteiger charge is 2.25. The molecule has 1 heterocycles. The van der Waals surface area contributed by atoms with Crippen LogP contribution in [0.4, 0.5) is 5.69 Å². The van der Waals surface area contributed by atoms with Gasteiger partial charge < -0.3 is 14.5 Å². The van der Waals surface area contributed by atoms with E-state index in [2.05, 4.69) is 5.32 Å². The number of carbonyl (C=O) groups is 2. The summed E-state index contributed by atoms with van der Waals surface area (Å²) in [5.74, 6) is -0.0821. The lowest BCUT2D eigenvalue weighted by atomic mass is 10.1. The van der Waals surface area contributed by atoms with Gasteiger partial charge >= 0.3 is 0 Å². The fraction of sp³-hybridized carbons (Fsp3) is 0.154. The molecule has 1 atom stereocenters. The smallest absolute Gasteiger partial charge is 0.265 e. The number of fused-ring (bicyclic) bond motifs is 1. The Bertz CT molecular complexity index is 1310. The number of ether oxygens (including phenoxy) is 1. The van der Waals surface area contributed by atoms with Gasteiger partial charge in [0.2, 0.25) is 5.78 Å². The van der Waals surface area contributed by atoms with E-state index in [1.165, 1.54) is 0 Å². The summed E-state index contributed by atoms with van der Waals surface area (Å²) in [4.78, 5) is 26.1. The van der Waals surface area contributed by atoms with Gasteiger partial charge in [-0.1, -0.05) is 29.8 Å². The molecule has 1 N–H and O–H groups in total. The minimum Gasteiger partial charge on any atom is -0.481 e. The highest BCUT2D eigenvalue weighted by molar-refractivity contribution is 6.30. The third-order valence-corrected chi connectivity index (χ3v) is 5.57. The van der Waals surface area contributed by atoms with Crippen LogP contribution in [0.15, 0.2) is 71.1 Å². The minimum atomic E-state index is -0.788. The number of anilines is 1. The zero-order valence-corrected chi connectivity index (χ0v) is 18.7. The Morgan fingerprint density at radius 2 is 1.69 bits per heavy atom. The van der Waals surface area contributed by atoms with E-state index >= 15 is 0 Å². The van der Waals surface area contributed by atoms with Crippen molar-refractivity contribution < 1.29 is 18.7 Å². The van der Waals surface area contributed by atoms with Gasteiger partial charge in [-0.2, -0.15) is 0 Å². The van der Waals surface area contributed by atoms with Gasteiger partial charge in [-0.15, -0.1) is 0 Å². The summed E-state index contributed by atoms with van der Waals surface area (Å²) < 4.78 is 11.7. The second-order valence-electron chi connectivity index (χ2n) is 7.63. The van der Waals surface area contributed by atoms with E-state index in [9.17, 15) is 9.59 Å². The SMILES string of the molecule is Cc1ccc(O[C@@H](C)C(=O)Nc2c(C(=O)c3ccc(Cl)cc3)oc3ccccc23)cc1C. The molecule has 0 aliphatic rings. The maximum atomic E-state index is 13.1. The number of furan rings is 1. The van der Waals surface area contributed by atoms with Crippen LogP contribution in [0.3, 0.4) is 0 Å². The van der Waals surface area contributed by atoms with Crippen LogP contribution in [0.1, 0.15) is 34.2 Å². The standard InChI is InChI=1S/C26H22ClNO4/c1-15-8-13-20(14-16(15)2)31-17(3)26(30)28-23-21-6-4-5-7-22(21)32-25(23)24(29)18-9-11-19(27)12-10-18/h4-14,17H,1-3H3,(H,28,30)/t17-/m0/s1. The summed E-state index contributed by atoms with van der Waals surface area (Å²) in [6.45, 7) is 5.66. The molecule has 1 amide bonds. The number of hydrogen-bond donors (Lipinski definition) is 1. The third-order valence-electron chi connectivity index (χ3n) is 5.32. The molecule has 0 fully saturated rings. The monoisotopic (exact) mass is 447 g/mol. The fourth-order valence-electron chi connectivity index (χ4n) is 3.33. The molecule has 0 aliphatic heterocycles. The third kappa shape index (κ3) is 4.39. The van der Waals surface area contributed by atoms with Crippen LogP contribution in [0.2, 0.25) is 5.02 Å². The Kier molecular flexibility index (Phi) is 6.01. The maximum absolute atomic E-state index is 13.1. The predicted molar refractivity (Wildman–Crippen MR) is 126 cm³/mol. The molecule has 32 heavy (non-hydrogen) atoms. The molecule has 6 heteroatoms. The van der Waals surface area contributed by atoms with E-state index in [0.29, 0.717) is 33.0 Å². The number of para-hydroxylation sites is 1. The molecule has 0 bridgehead atoms. The second-order valence-corrected chi connectivity index (χ2v) is 8.07. The van der Waals surface area contributed by atoms with E-state index in [1.54, 1.807) is 49.4 Å². The van der Waals surface area contributed by atoms with Crippen LogP contribution in [0.25, 0.3) is 11.0 Å². The van der Waals surface area contributed by atoms with E-state index in [-0.39, 0.29) is 17.5 Å². The first-order valence-corrected chi connectivity index (χ1v) is 10.6. The Morgan fingerprint density at radius 1 is 0.969 bits per heavy atom. The zero-order chi connectivity index (χ0) is 22.8. The number of amides is 1. The summed E-state index contributed by atoms with van der Waals surface area (Å²) in [6.07, 6.45) is -0.788. The summed E-state index contributed by atoms with van der Waals surface area (Å²) in [5, 5.41) is 4.00. The fourth-order valence-corrected chi connectivity index (χ4v) is 3.46. The number of benzene rings is 3. The molecule has 0 saturated heterocycles. The Balaban J connectivity index is 1.63. The first kappa shape index (κ1) is 21.7. The molecular formula is C26H22ClNO4. The van der Waals surface area contributed by atoms with E-state index in [0.717, 1.165) is 11.1 Å². The van der Waals surface area contributed by atoms with Crippen molar-refractivity contribution in [1.29, 1.82) is 0 Å². The molecule has 4 aromatic rings. The molecule has 0 radical (unpaired) electrons. The Labute approximate surface area is 191 Å². The van der Waals surface area contributed by atoms with Crippen LogP contribution in [-0.2, 0) is 4.79 Å². The van der Waals surface area contributed by atoms with Gasteiger partial charge in [0.05, 0.1) is 5.69 Å². The van der Waals surface area contributed by atoms with Crippen molar-refractivity contribution in [2.45, 2.75) is 26.9 Å². The first-order valence-electron chi connectivity index (χ1n) is 10.2. The van der Waals surface area contributed by atoms with Crippen molar-refractivity contribution in [3.8, 4) is 5.75 Å². The van der Waals surface area contributed by atoms with Gasteiger partial charge in [0.25, 0.3) is 5.91 Å². The molecule has 4 rings (SSSR count). The van der Waals surface area contributed by atoms with Crippen LogP contribution < -0.4 is 10.1 Å². The average molecular weight is 448 g/mol. The topological polar surface area (TPSA) is 68.5 Å². The number of nitrogens with one attached hydrogen (secondary N) is 1. The van der Waals surface area contributed by atoms with Crippen molar-refractivity contribution in [3.63, 3.8) is 0 Å². The molecule has 0 spiro atoms. The molecule has 162 valence electrons. The number of ketones is 1. The van der Waals surface area contributed by atoms with Crippen LogP contribution >= 0.6 is 11.6 Å². The van der Waals surface area contributed by atoms with Gasteiger partial charge in [0, 0.05) is 16.0 Å². The van der Waals surface area contributed by atoms with Gasteiger partial charge in [0.15, 0.2) is 11.9 Å². The maximum Gasteiger partial charge on any atom is 0.265 e. The molecule has 3 aromatic carbocycles. The second kappa shape index (κ2) is 8.89. The largest absolute Gasteiger partial charge is 0.481 e. The number of halogens is 1. The highest BCUT2D eigenvalue weighted by atomic mass is 35.5. The molecule has 0 saturated carbocycles. The summed E-state index contributed by atoms with van der Waals surface area (Å²) in [7, 11) is 0. The summed E-state index contributed by atoms with van der Waals surface area (Å²) in [5.41, 5.74) is 3.45. The molecule has 0 unspecified atom stereocenters. The number of carbonyl (C=O) groups excluding carboxylic acids is 2. The van der Waals surface area contributed by atoms with Crippen LogP contribution in [0, 0.1) is 13.8 Å². The van der Waals surface area contributed by atoms with Crippen molar-refractivity contribution in [1.82, 2.24) is 0 Å². The molecule has 5 nitrogen and oxygen atoms in total.